The molecular weight excluding hydrogens is 408 g/mol. The zero-order chi connectivity index (χ0) is 22.2. The van der Waals surface area contributed by atoms with Gasteiger partial charge < -0.3 is 19.9 Å². The molecule has 2 aromatic heterocycles. The maximum absolute atomic E-state index is 13.0. The summed E-state index contributed by atoms with van der Waals surface area (Å²) in [5.41, 5.74) is 3.66. The Hall–Kier alpha value is -4.14. The van der Waals surface area contributed by atoms with Gasteiger partial charge in [0.25, 0.3) is 11.8 Å². The number of nitrogens with one attached hydrogen (secondary N) is 2. The monoisotopic (exact) mass is 430 g/mol. The first-order chi connectivity index (χ1) is 15.5. The molecule has 1 atom stereocenters. The molecular formula is C23H22N6O3. The van der Waals surface area contributed by atoms with Crippen molar-refractivity contribution in [1.82, 2.24) is 25.1 Å². The first-order valence-electron chi connectivity index (χ1n) is 10.3. The van der Waals surface area contributed by atoms with Gasteiger partial charge in [-0.2, -0.15) is 5.10 Å². The second-order valence-electron chi connectivity index (χ2n) is 7.81. The smallest absolute Gasteiger partial charge is 0.255 e. The SMILES string of the molecule is Cc1nc2cc3c(cc2[nH]1)N(C)C(=O)[C@@H](NC(=O)c1cnn(Cc2ccccc2)c1)CO3. The largest absolute Gasteiger partial charge is 0.489 e. The minimum atomic E-state index is -0.828. The van der Waals surface area contributed by atoms with E-state index < -0.39 is 6.04 Å². The number of ether oxygens (including phenoxy) is 1. The highest BCUT2D eigenvalue weighted by Gasteiger charge is 2.31. The molecule has 5 rings (SSSR count). The fourth-order valence-corrected chi connectivity index (χ4v) is 3.81. The maximum atomic E-state index is 13.0. The predicted octanol–water partition coefficient (Wildman–Crippen LogP) is 2.27. The molecule has 0 unspecified atom stereocenters. The summed E-state index contributed by atoms with van der Waals surface area (Å²) in [4.78, 5) is 34.9. The Morgan fingerprint density at radius 2 is 2.09 bits per heavy atom. The molecule has 0 spiro atoms. The molecule has 0 fully saturated rings. The summed E-state index contributed by atoms with van der Waals surface area (Å²) in [5, 5.41) is 7.04. The number of likely N-dealkylation sites (N-methyl/N-ethyl adjacent to an activating group) is 1. The van der Waals surface area contributed by atoms with Crippen LogP contribution in [0.1, 0.15) is 21.7 Å². The van der Waals surface area contributed by atoms with Gasteiger partial charge in [-0.1, -0.05) is 30.3 Å². The number of carbonyl (C=O) groups excluding carboxylic acids is 2. The molecule has 0 aliphatic carbocycles. The maximum Gasteiger partial charge on any atom is 0.255 e. The van der Waals surface area contributed by atoms with Crippen molar-refractivity contribution in [1.29, 1.82) is 0 Å². The molecule has 2 N–H and O–H groups in total. The summed E-state index contributed by atoms with van der Waals surface area (Å²) in [5.74, 6) is 0.693. The molecule has 9 nitrogen and oxygen atoms in total. The molecule has 0 saturated carbocycles. The number of hydrogen-bond donors (Lipinski definition) is 2. The molecule has 0 bridgehead atoms. The number of aromatic amines is 1. The number of carbonyl (C=O) groups is 2. The second-order valence-corrected chi connectivity index (χ2v) is 7.81. The highest BCUT2D eigenvalue weighted by atomic mass is 16.5. The molecule has 32 heavy (non-hydrogen) atoms. The molecule has 0 saturated heterocycles. The number of rotatable bonds is 4. The Bertz CT molecular complexity index is 1310. The first kappa shape index (κ1) is 19.8. The van der Waals surface area contributed by atoms with Gasteiger partial charge in [0.05, 0.1) is 35.0 Å². The van der Waals surface area contributed by atoms with E-state index in [1.165, 1.54) is 11.1 Å². The van der Waals surface area contributed by atoms with Gasteiger partial charge in [0, 0.05) is 19.3 Å². The minimum absolute atomic E-state index is 0.0228. The Labute approximate surface area is 184 Å². The molecule has 4 aromatic rings. The van der Waals surface area contributed by atoms with E-state index in [9.17, 15) is 9.59 Å². The third-order valence-electron chi connectivity index (χ3n) is 5.46. The van der Waals surface area contributed by atoms with Gasteiger partial charge in [-0.3, -0.25) is 14.3 Å². The summed E-state index contributed by atoms with van der Waals surface area (Å²) in [6.07, 6.45) is 3.16. The van der Waals surface area contributed by atoms with Crippen LogP contribution in [0, 0.1) is 6.92 Å². The number of anilines is 1. The van der Waals surface area contributed by atoms with E-state index in [0.717, 1.165) is 22.4 Å². The van der Waals surface area contributed by atoms with Crippen LogP contribution in [0.5, 0.6) is 5.75 Å². The predicted molar refractivity (Wildman–Crippen MR) is 119 cm³/mol. The number of hydrogen-bond acceptors (Lipinski definition) is 5. The zero-order valence-electron chi connectivity index (χ0n) is 17.7. The number of fused-ring (bicyclic) bond motifs is 2. The lowest BCUT2D eigenvalue weighted by molar-refractivity contribution is -0.120. The van der Waals surface area contributed by atoms with Crippen molar-refractivity contribution in [3.05, 3.63) is 71.8 Å². The minimum Gasteiger partial charge on any atom is -0.489 e. The third-order valence-corrected chi connectivity index (χ3v) is 5.46. The van der Waals surface area contributed by atoms with Gasteiger partial charge in [-0.05, 0) is 18.6 Å². The van der Waals surface area contributed by atoms with Crippen molar-refractivity contribution in [2.24, 2.45) is 0 Å². The number of nitrogens with zero attached hydrogens (tertiary/aromatic N) is 4. The Morgan fingerprint density at radius 3 is 2.91 bits per heavy atom. The number of imidazole rings is 1. The van der Waals surface area contributed by atoms with Crippen molar-refractivity contribution in [3.63, 3.8) is 0 Å². The van der Waals surface area contributed by atoms with Gasteiger partial charge >= 0.3 is 0 Å². The molecule has 2 amide bonds. The van der Waals surface area contributed by atoms with E-state index in [1.807, 2.05) is 43.3 Å². The standard InChI is InChI=1S/C23H22N6O3/c1-14-25-17-8-20-21(9-18(17)26-14)32-13-19(23(31)28(20)2)27-22(30)16-10-24-29(12-16)11-15-6-4-3-5-7-15/h3-10,12,19H,11,13H2,1-2H3,(H,25,26)(H,27,30)/t19-/m0/s1. The Balaban J connectivity index is 1.31. The van der Waals surface area contributed by atoms with E-state index >= 15 is 0 Å². The van der Waals surface area contributed by atoms with Crippen LogP contribution in [0.3, 0.4) is 0 Å². The molecule has 3 heterocycles. The van der Waals surface area contributed by atoms with Gasteiger partial charge in [0.2, 0.25) is 0 Å². The van der Waals surface area contributed by atoms with Crippen LogP contribution in [0.25, 0.3) is 11.0 Å². The van der Waals surface area contributed by atoms with Gasteiger partial charge in [-0.15, -0.1) is 0 Å². The summed E-state index contributed by atoms with van der Waals surface area (Å²) in [6, 6.07) is 12.7. The van der Waals surface area contributed by atoms with Gasteiger partial charge in [0.1, 0.15) is 24.2 Å². The second kappa shape index (κ2) is 7.84. The Kier molecular flexibility index (Phi) is 4.85. The normalized spacial score (nSPS) is 15.9. The number of amides is 2. The summed E-state index contributed by atoms with van der Waals surface area (Å²) >= 11 is 0. The van der Waals surface area contributed by atoms with Crippen LogP contribution >= 0.6 is 0 Å². The van der Waals surface area contributed by atoms with Crippen molar-refractivity contribution in [2.45, 2.75) is 19.5 Å². The lowest BCUT2D eigenvalue weighted by atomic mass is 10.2. The van der Waals surface area contributed by atoms with E-state index in [4.69, 9.17) is 4.74 Å². The van der Waals surface area contributed by atoms with E-state index in [-0.39, 0.29) is 18.4 Å². The summed E-state index contributed by atoms with van der Waals surface area (Å²) in [7, 11) is 1.67. The fourth-order valence-electron chi connectivity index (χ4n) is 3.81. The number of aryl methyl sites for hydroxylation is 1. The highest BCUT2D eigenvalue weighted by molar-refractivity contribution is 6.04. The summed E-state index contributed by atoms with van der Waals surface area (Å²) in [6.45, 7) is 2.45. The van der Waals surface area contributed by atoms with Crippen LogP contribution < -0.4 is 15.0 Å². The lowest BCUT2D eigenvalue weighted by Gasteiger charge is -2.20. The number of aromatic nitrogens is 4. The molecule has 1 aliphatic rings. The number of H-pyrrole nitrogens is 1. The van der Waals surface area contributed by atoms with Crippen LogP contribution in [0.4, 0.5) is 5.69 Å². The first-order valence-corrected chi connectivity index (χ1v) is 10.3. The zero-order valence-corrected chi connectivity index (χ0v) is 17.7. The van der Waals surface area contributed by atoms with Crippen LogP contribution in [-0.2, 0) is 11.3 Å². The quantitative estimate of drug-likeness (QED) is 0.517. The fraction of sp³-hybridized carbons (Fsp3) is 0.217. The molecule has 1 aliphatic heterocycles. The van der Waals surface area contributed by atoms with E-state index in [2.05, 4.69) is 20.4 Å². The van der Waals surface area contributed by atoms with E-state index in [1.54, 1.807) is 24.0 Å². The highest BCUT2D eigenvalue weighted by Crippen LogP contribution is 2.34. The van der Waals surface area contributed by atoms with Gasteiger partial charge in [-0.25, -0.2) is 4.98 Å². The Morgan fingerprint density at radius 1 is 1.28 bits per heavy atom. The average Bonchev–Trinajstić information content (AvgIpc) is 3.38. The van der Waals surface area contributed by atoms with Crippen molar-refractivity contribution in [3.8, 4) is 5.75 Å². The van der Waals surface area contributed by atoms with Crippen molar-refractivity contribution >= 4 is 28.5 Å². The lowest BCUT2D eigenvalue weighted by Crippen LogP contribution is -2.49. The molecule has 162 valence electrons. The van der Waals surface area contributed by atoms with Crippen molar-refractivity contribution < 1.29 is 14.3 Å². The van der Waals surface area contributed by atoms with Crippen LogP contribution in [0.2, 0.25) is 0 Å². The molecule has 9 heteroatoms. The van der Waals surface area contributed by atoms with Gasteiger partial charge in [0.15, 0.2) is 0 Å². The summed E-state index contributed by atoms with van der Waals surface area (Å²) < 4.78 is 7.58. The van der Waals surface area contributed by atoms with E-state index in [0.29, 0.717) is 23.5 Å². The molecule has 2 aromatic carbocycles. The topological polar surface area (TPSA) is 105 Å². The average molecular weight is 430 g/mol. The van der Waals surface area contributed by atoms with Crippen LogP contribution in [0.15, 0.2) is 54.9 Å². The molecule has 0 radical (unpaired) electrons. The number of benzene rings is 2. The van der Waals surface area contributed by atoms with Crippen LogP contribution in [-0.4, -0.2) is 51.3 Å². The van der Waals surface area contributed by atoms with Crippen molar-refractivity contribution in [2.75, 3.05) is 18.6 Å². The third kappa shape index (κ3) is 3.68.